The smallest absolute Gasteiger partial charge is 0.278 e. The zero-order valence-corrected chi connectivity index (χ0v) is 23.8. The summed E-state index contributed by atoms with van der Waals surface area (Å²) in [6.45, 7) is 4.55. The van der Waals surface area contributed by atoms with E-state index in [0.29, 0.717) is 42.6 Å². The van der Waals surface area contributed by atoms with E-state index in [1.807, 2.05) is 47.9 Å². The molecule has 3 heterocycles. The second kappa shape index (κ2) is 11.6. The van der Waals surface area contributed by atoms with Crippen LogP contribution in [0.1, 0.15) is 19.4 Å². The van der Waals surface area contributed by atoms with Crippen molar-refractivity contribution in [2.45, 2.75) is 25.4 Å². The number of carbonyl (C=O) groups is 1. The van der Waals surface area contributed by atoms with Crippen LogP contribution >= 0.6 is 46.7 Å². The number of hydrogen-bond donors (Lipinski definition) is 1. The SMILES string of the molecule is CCOc1ccc(-n2c(SCC(=O)Nc3nccs3)nc3c(sc(=S)n3-c3ccc(CC)cc3)c2=O)cc1. The molecule has 0 aliphatic rings. The van der Waals surface area contributed by atoms with Crippen molar-refractivity contribution < 1.29 is 9.53 Å². The van der Waals surface area contributed by atoms with Crippen molar-refractivity contribution in [3.8, 4) is 17.1 Å². The Morgan fingerprint density at radius 1 is 1.08 bits per heavy atom. The Morgan fingerprint density at radius 3 is 2.45 bits per heavy atom. The monoisotopic (exact) mass is 581 g/mol. The molecule has 0 saturated heterocycles. The lowest BCUT2D eigenvalue weighted by Crippen LogP contribution is -2.22. The van der Waals surface area contributed by atoms with E-state index >= 15 is 0 Å². The van der Waals surface area contributed by atoms with E-state index in [0.717, 1.165) is 12.1 Å². The van der Waals surface area contributed by atoms with Gasteiger partial charge in [0.25, 0.3) is 5.56 Å². The minimum Gasteiger partial charge on any atom is -0.494 e. The van der Waals surface area contributed by atoms with Crippen molar-refractivity contribution in [3.63, 3.8) is 0 Å². The number of ether oxygens (including phenoxy) is 1. The number of nitrogens with zero attached hydrogens (tertiary/aromatic N) is 4. The molecular formula is C26H23N5O3S4. The molecule has 0 atom stereocenters. The first kappa shape index (κ1) is 26.3. The number of amides is 1. The van der Waals surface area contributed by atoms with Gasteiger partial charge in [0.15, 0.2) is 19.9 Å². The average Bonchev–Trinajstić information content (AvgIpc) is 3.55. The first-order valence-corrected chi connectivity index (χ1v) is 14.9. The number of nitrogens with one attached hydrogen (secondary N) is 1. The van der Waals surface area contributed by atoms with Gasteiger partial charge in [-0.2, -0.15) is 0 Å². The maximum atomic E-state index is 13.9. The zero-order chi connectivity index (χ0) is 26.6. The predicted molar refractivity (Wildman–Crippen MR) is 157 cm³/mol. The average molecular weight is 582 g/mol. The third-order valence-electron chi connectivity index (χ3n) is 5.60. The molecule has 0 fully saturated rings. The Bertz CT molecular complexity index is 1690. The summed E-state index contributed by atoms with van der Waals surface area (Å²) in [6.07, 6.45) is 2.55. The van der Waals surface area contributed by atoms with Gasteiger partial charge in [-0.15, -0.1) is 11.3 Å². The minimum absolute atomic E-state index is 0.0463. The van der Waals surface area contributed by atoms with E-state index in [4.69, 9.17) is 21.9 Å². The molecule has 0 saturated carbocycles. The lowest BCUT2D eigenvalue weighted by atomic mass is 10.1. The normalized spacial score (nSPS) is 11.1. The standard InChI is InChI=1S/C26H23N5O3S4/c1-3-16-5-7-17(8-6-16)30-22-21(38-26(30)35)23(33)31(18-9-11-19(12-10-18)34-4-2)25(29-22)37-15-20(32)28-24-27-13-14-36-24/h5-14H,3-4,15H2,1-2H3,(H,27,28,32). The number of fused-ring (bicyclic) bond motifs is 1. The van der Waals surface area contributed by atoms with Gasteiger partial charge in [0.1, 0.15) is 10.4 Å². The Kier molecular flexibility index (Phi) is 8.03. The maximum absolute atomic E-state index is 13.9. The van der Waals surface area contributed by atoms with Crippen molar-refractivity contribution in [1.82, 2.24) is 19.1 Å². The zero-order valence-electron chi connectivity index (χ0n) is 20.5. The molecule has 38 heavy (non-hydrogen) atoms. The number of carbonyl (C=O) groups excluding carboxylic acids is 1. The van der Waals surface area contributed by atoms with Gasteiger partial charge in [-0.1, -0.05) is 42.2 Å². The summed E-state index contributed by atoms with van der Waals surface area (Å²) in [5.41, 5.74) is 2.88. The fourth-order valence-corrected chi connectivity index (χ4v) is 6.45. The molecular weight excluding hydrogens is 559 g/mol. The molecule has 3 aromatic heterocycles. The number of benzene rings is 2. The van der Waals surface area contributed by atoms with E-state index < -0.39 is 0 Å². The summed E-state index contributed by atoms with van der Waals surface area (Å²) in [5, 5.41) is 5.46. The number of aryl methyl sites for hydroxylation is 1. The largest absolute Gasteiger partial charge is 0.494 e. The molecule has 1 N–H and O–H groups in total. The van der Waals surface area contributed by atoms with Crippen LogP contribution in [-0.2, 0) is 11.2 Å². The van der Waals surface area contributed by atoms with Crippen LogP contribution in [-0.4, -0.2) is 37.4 Å². The first-order valence-electron chi connectivity index (χ1n) is 11.8. The highest BCUT2D eigenvalue weighted by Crippen LogP contribution is 2.28. The van der Waals surface area contributed by atoms with Gasteiger partial charge in [0.2, 0.25) is 5.91 Å². The van der Waals surface area contributed by atoms with Crippen LogP contribution in [0.25, 0.3) is 21.7 Å². The summed E-state index contributed by atoms with van der Waals surface area (Å²) in [5.74, 6) is 0.507. The van der Waals surface area contributed by atoms with E-state index in [1.165, 1.54) is 44.6 Å². The molecule has 194 valence electrons. The van der Waals surface area contributed by atoms with Crippen molar-refractivity contribution in [3.05, 3.63) is 80.0 Å². The minimum atomic E-state index is -0.248. The van der Waals surface area contributed by atoms with Gasteiger partial charge < -0.3 is 10.1 Å². The van der Waals surface area contributed by atoms with Gasteiger partial charge in [0, 0.05) is 17.3 Å². The van der Waals surface area contributed by atoms with Crippen LogP contribution in [0.3, 0.4) is 0 Å². The quantitative estimate of drug-likeness (QED) is 0.127. The van der Waals surface area contributed by atoms with Gasteiger partial charge in [-0.05, 0) is 67.5 Å². The van der Waals surface area contributed by atoms with Crippen molar-refractivity contribution in [1.29, 1.82) is 0 Å². The number of thiazole rings is 2. The third kappa shape index (κ3) is 5.44. The van der Waals surface area contributed by atoms with Gasteiger partial charge in [-0.3, -0.25) is 18.7 Å². The van der Waals surface area contributed by atoms with Crippen LogP contribution in [0.4, 0.5) is 5.13 Å². The van der Waals surface area contributed by atoms with Gasteiger partial charge >= 0.3 is 0 Å². The van der Waals surface area contributed by atoms with Crippen LogP contribution in [0, 0.1) is 3.95 Å². The van der Waals surface area contributed by atoms with Crippen molar-refractivity contribution in [2.24, 2.45) is 0 Å². The second-order valence-electron chi connectivity index (χ2n) is 8.01. The molecule has 0 spiro atoms. The number of rotatable bonds is 9. The Hall–Kier alpha value is -3.32. The van der Waals surface area contributed by atoms with Crippen molar-refractivity contribution >= 4 is 68.0 Å². The fourth-order valence-electron chi connectivity index (χ4n) is 3.80. The molecule has 12 heteroatoms. The van der Waals surface area contributed by atoms with E-state index in [1.54, 1.807) is 23.7 Å². The lowest BCUT2D eigenvalue weighted by molar-refractivity contribution is -0.113. The highest BCUT2D eigenvalue weighted by Gasteiger charge is 2.20. The lowest BCUT2D eigenvalue weighted by Gasteiger charge is -2.13. The molecule has 5 rings (SSSR count). The molecule has 0 radical (unpaired) electrons. The van der Waals surface area contributed by atoms with Crippen LogP contribution in [0.5, 0.6) is 5.75 Å². The molecule has 0 aliphatic heterocycles. The first-order chi connectivity index (χ1) is 18.5. The number of thioether (sulfide) groups is 1. The Morgan fingerprint density at radius 2 is 1.79 bits per heavy atom. The predicted octanol–water partition coefficient (Wildman–Crippen LogP) is 6.12. The van der Waals surface area contributed by atoms with Crippen LogP contribution in [0.2, 0.25) is 0 Å². The summed E-state index contributed by atoms with van der Waals surface area (Å²) >= 11 is 9.42. The van der Waals surface area contributed by atoms with Gasteiger partial charge in [-0.25, -0.2) is 9.97 Å². The van der Waals surface area contributed by atoms with E-state index in [9.17, 15) is 9.59 Å². The molecule has 8 nitrogen and oxygen atoms in total. The van der Waals surface area contributed by atoms with E-state index in [2.05, 4.69) is 17.2 Å². The third-order valence-corrected chi connectivity index (χ3v) is 8.57. The molecule has 1 amide bonds. The number of aromatic nitrogens is 4. The number of anilines is 1. The fraction of sp³-hybridized carbons (Fsp3) is 0.192. The molecule has 2 aromatic carbocycles. The molecule has 0 bridgehead atoms. The topological polar surface area (TPSA) is 91.0 Å². The van der Waals surface area contributed by atoms with Gasteiger partial charge in [0.05, 0.1) is 18.0 Å². The summed E-state index contributed by atoms with van der Waals surface area (Å²) < 4.78 is 9.87. The summed E-state index contributed by atoms with van der Waals surface area (Å²) in [7, 11) is 0. The Balaban J connectivity index is 1.61. The highest BCUT2D eigenvalue weighted by atomic mass is 32.2. The summed E-state index contributed by atoms with van der Waals surface area (Å²) in [4.78, 5) is 35.5. The van der Waals surface area contributed by atoms with Crippen molar-refractivity contribution in [2.75, 3.05) is 17.7 Å². The second-order valence-corrected chi connectivity index (χ2v) is 11.5. The maximum Gasteiger partial charge on any atom is 0.278 e. The molecule has 5 aromatic rings. The highest BCUT2D eigenvalue weighted by molar-refractivity contribution is 7.99. The van der Waals surface area contributed by atoms with E-state index in [-0.39, 0.29) is 17.2 Å². The molecule has 0 aliphatic carbocycles. The van der Waals surface area contributed by atoms with Crippen LogP contribution < -0.4 is 15.6 Å². The van der Waals surface area contributed by atoms with Crippen LogP contribution in [0.15, 0.2) is 70.1 Å². The Labute approximate surface area is 236 Å². The molecule has 0 unspecified atom stereocenters. The summed E-state index contributed by atoms with van der Waals surface area (Å²) in [6, 6.07) is 15.3. The number of hydrogen-bond acceptors (Lipinski definition) is 9.